The molecule has 0 atom stereocenters. The highest BCUT2D eigenvalue weighted by atomic mass is 32.1. The van der Waals surface area contributed by atoms with Gasteiger partial charge in [0.25, 0.3) is 0 Å². The van der Waals surface area contributed by atoms with Crippen LogP contribution >= 0.6 is 11.3 Å². The minimum atomic E-state index is -0.486. The highest BCUT2D eigenvalue weighted by Gasteiger charge is 2.24. The van der Waals surface area contributed by atoms with Crippen LogP contribution in [0.15, 0.2) is 41.1 Å². The molecule has 1 aliphatic heterocycles. The van der Waals surface area contributed by atoms with Crippen molar-refractivity contribution >= 4 is 33.9 Å². The largest absolute Gasteiger partial charge is 0.456 e. The first-order valence-corrected chi connectivity index (χ1v) is 12.6. The maximum atomic E-state index is 12.5. The van der Waals surface area contributed by atoms with E-state index in [2.05, 4.69) is 31.4 Å². The number of carbonyl (C=O) groups excluding carboxylic acids is 1. The summed E-state index contributed by atoms with van der Waals surface area (Å²) in [5.74, 6) is 1.72. The molecule has 4 aromatic rings. The van der Waals surface area contributed by atoms with Crippen LogP contribution in [0, 0.1) is 6.92 Å². The summed E-state index contributed by atoms with van der Waals surface area (Å²) >= 11 is 1.55. The Labute approximate surface area is 208 Å². The molecule has 0 unspecified atom stereocenters. The number of rotatable bonds is 6. The minimum Gasteiger partial charge on any atom is -0.456 e. The molecule has 0 bridgehead atoms. The van der Waals surface area contributed by atoms with Crippen LogP contribution in [-0.4, -0.2) is 51.2 Å². The molecule has 9 heteroatoms. The van der Waals surface area contributed by atoms with Crippen LogP contribution in [0.3, 0.4) is 0 Å². The lowest BCUT2D eigenvalue weighted by Gasteiger charge is -2.26. The zero-order valence-corrected chi connectivity index (χ0v) is 21.2. The molecule has 4 heterocycles. The summed E-state index contributed by atoms with van der Waals surface area (Å²) in [5, 5.41) is 9.66. The number of hydrogen-bond donors (Lipinski definition) is 1. The summed E-state index contributed by atoms with van der Waals surface area (Å²) in [5.41, 5.74) is 1.67. The number of benzene rings is 1. The van der Waals surface area contributed by atoms with Crippen molar-refractivity contribution in [3.05, 3.63) is 57.7 Å². The third kappa shape index (κ3) is 5.36. The van der Waals surface area contributed by atoms with Crippen molar-refractivity contribution in [3.63, 3.8) is 0 Å². The highest BCUT2D eigenvalue weighted by Crippen LogP contribution is 2.30. The van der Waals surface area contributed by atoms with E-state index >= 15 is 0 Å². The molecule has 0 saturated carbocycles. The van der Waals surface area contributed by atoms with Gasteiger partial charge in [-0.05, 0) is 56.3 Å². The fraction of sp³-hybridized carbons (Fsp3) is 0.385. The van der Waals surface area contributed by atoms with Crippen LogP contribution in [0.25, 0.3) is 22.2 Å². The van der Waals surface area contributed by atoms with E-state index in [1.165, 1.54) is 10.4 Å². The maximum Gasteiger partial charge on any atom is 0.348 e. The SMILES string of the molecule is Cc1nc(-c2ccc3ccnc(NCCN4CCc5cc(C(=O)OC(C)(C)C)sc5C4)c3c2)no1. The number of ether oxygens (including phenoxy) is 1. The van der Waals surface area contributed by atoms with Crippen LogP contribution in [0.2, 0.25) is 0 Å². The Morgan fingerprint density at radius 3 is 2.89 bits per heavy atom. The smallest absolute Gasteiger partial charge is 0.348 e. The molecule has 1 aromatic carbocycles. The molecule has 1 aliphatic rings. The number of aryl methyl sites for hydroxylation is 1. The molecular formula is C26H29N5O3S. The molecule has 0 spiro atoms. The van der Waals surface area contributed by atoms with Crippen LogP contribution < -0.4 is 5.32 Å². The summed E-state index contributed by atoms with van der Waals surface area (Å²) in [6, 6.07) is 10.1. The number of fused-ring (bicyclic) bond motifs is 2. The van der Waals surface area contributed by atoms with Crippen molar-refractivity contribution in [2.45, 2.75) is 46.3 Å². The van der Waals surface area contributed by atoms with Gasteiger partial charge in [0.05, 0.1) is 0 Å². The normalized spacial score (nSPS) is 14.2. The lowest BCUT2D eigenvalue weighted by atomic mass is 10.1. The average molecular weight is 492 g/mol. The number of nitrogens with zero attached hydrogens (tertiary/aromatic N) is 4. The van der Waals surface area contributed by atoms with Crippen molar-refractivity contribution < 1.29 is 14.1 Å². The summed E-state index contributed by atoms with van der Waals surface area (Å²) in [6.45, 7) is 10.9. The van der Waals surface area contributed by atoms with Crippen LogP contribution in [0.5, 0.6) is 0 Å². The first-order chi connectivity index (χ1) is 16.7. The number of carbonyl (C=O) groups is 1. The van der Waals surface area contributed by atoms with Gasteiger partial charge < -0.3 is 14.6 Å². The van der Waals surface area contributed by atoms with Gasteiger partial charge in [-0.25, -0.2) is 9.78 Å². The van der Waals surface area contributed by atoms with Gasteiger partial charge in [-0.15, -0.1) is 11.3 Å². The monoisotopic (exact) mass is 491 g/mol. The fourth-order valence-electron chi connectivity index (χ4n) is 4.19. The molecule has 35 heavy (non-hydrogen) atoms. The highest BCUT2D eigenvalue weighted by molar-refractivity contribution is 7.14. The van der Waals surface area contributed by atoms with E-state index < -0.39 is 5.60 Å². The molecule has 0 saturated heterocycles. The van der Waals surface area contributed by atoms with E-state index in [4.69, 9.17) is 9.26 Å². The number of nitrogens with one attached hydrogen (secondary N) is 1. The zero-order chi connectivity index (χ0) is 24.6. The Hall–Kier alpha value is -3.30. The quantitative estimate of drug-likeness (QED) is 0.373. The number of anilines is 1. The predicted molar refractivity (Wildman–Crippen MR) is 137 cm³/mol. The Morgan fingerprint density at radius 2 is 2.11 bits per heavy atom. The Bertz CT molecular complexity index is 1370. The van der Waals surface area contributed by atoms with E-state index in [0.29, 0.717) is 16.6 Å². The molecule has 0 fully saturated rings. The van der Waals surface area contributed by atoms with Crippen molar-refractivity contribution in [2.75, 3.05) is 25.0 Å². The van der Waals surface area contributed by atoms with E-state index in [1.54, 1.807) is 18.3 Å². The molecule has 3 aromatic heterocycles. The van der Waals surface area contributed by atoms with Gasteiger partial charge in [0.2, 0.25) is 11.7 Å². The third-order valence-corrected chi connectivity index (χ3v) is 6.98. The van der Waals surface area contributed by atoms with E-state index in [-0.39, 0.29) is 5.97 Å². The van der Waals surface area contributed by atoms with Crippen molar-refractivity contribution in [1.29, 1.82) is 0 Å². The molecule has 0 amide bonds. The number of hydrogen-bond acceptors (Lipinski definition) is 9. The zero-order valence-electron chi connectivity index (χ0n) is 20.4. The van der Waals surface area contributed by atoms with Gasteiger partial charge in [-0.1, -0.05) is 17.3 Å². The second-order valence-electron chi connectivity index (χ2n) is 9.75. The van der Waals surface area contributed by atoms with Crippen molar-refractivity contribution in [3.8, 4) is 11.4 Å². The standard InChI is InChI=1S/C26H29N5O3S/c1-16-29-23(30-34-16)19-6-5-17-7-9-27-24(20(17)13-19)28-10-12-31-11-8-18-14-21(35-22(18)15-31)25(32)33-26(2,3)4/h5-7,9,13-14H,8,10-12,15H2,1-4H3,(H,27,28). The predicted octanol–water partition coefficient (Wildman–Crippen LogP) is 5.08. The topological polar surface area (TPSA) is 93.4 Å². The fourth-order valence-corrected chi connectivity index (χ4v) is 5.32. The van der Waals surface area contributed by atoms with Crippen LogP contribution in [0.4, 0.5) is 5.82 Å². The van der Waals surface area contributed by atoms with Crippen molar-refractivity contribution in [2.24, 2.45) is 0 Å². The molecule has 1 N–H and O–H groups in total. The molecule has 0 aliphatic carbocycles. The van der Waals surface area contributed by atoms with E-state index in [1.807, 2.05) is 51.2 Å². The molecule has 5 rings (SSSR count). The van der Waals surface area contributed by atoms with E-state index in [0.717, 1.165) is 54.8 Å². The Morgan fingerprint density at radius 1 is 1.26 bits per heavy atom. The van der Waals surface area contributed by atoms with E-state index in [9.17, 15) is 4.79 Å². The molecule has 0 radical (unpaired) electrons. The van der Waals surface area contributed by atoms with Crippen LogP contribution in [0.1, 0.15) is 46.8 Å². The molecular weight excluding hydrogens is 462 g/mol. The number of aromatic nitrogens is 3. The number of esters is 1. The lowest BCUT2D eigenvalue weighted by molar-refractivity contribution is 0.00751. The summed E-state index contributed by atoms with van der Waals surface area (Å²) in [4.78, 5) is 25.7. The molecule has 182 valence electrons. The average Bonchev–Trinajstić information content (AvgIpc) is 3.44. The van der Waals surface area contributed by atoms with Crippen LogP contribution in [-0.2, 0) is 17.7 Å². The lowest BCUT2D eigenvalue weighted by Crippen LogP contribution is -2.33. The van der Waals surface area contributed by atoms with Gasteiger partial charge in [0.15, 0.2) is 0 Å². The third-order valence-electron chi connectivity index (χ3n) is 5.83. The summed E-state index contributed by atoms with van der Waals surface area (Å²) < 4.78 is 10.7. The van der Waals surface area contributed by atoms with Gasteiger partial charge in [-0.2, -0.15) is 4.98 Å². The Kier molecular flexibility index (Phi) is 6.29. The van der Waals surface area contributed by atoms with Gasteiger partial charge in [0.1, 0.15) is 16.3 Å². The van der Waals surface area contributed by atoms with Gasteiger partial charge in [-0.3, -0.25) is 4.90 Å². The maximum absolute atomic E-state index is 12.5. The number of thiophene rings is 1. The Balaban J connectivity index is 1.23. The second-order valence-corrected chi connectivity index (χ2v) is 10.9. The summed E-state index contributed by atoms with van der Waals surface area (Å²) in [6.07, 6.45) is 2.76. The second kappa shape index (κ2) is 9.39. The van der Waals surface area contributed by atoms with Gasteiger partial charge in [0, 0.05) is 55.1 Å². The molecule has 8 nitrogen and oxygen atoms in total. The first-order valence-electron chi connectivity index (χ1n) is 11.8. The van der Waals surface area contributed by atoms with Gasteiger partial charge >= 0.3 is 5.97 Å². The summed E-state index contributed by atoms with van der Waals surface area (Å²) in [7, 11) is 0. The van der Waals surface area contributed by atoms with Crippen molar-refractivity contribution in [1.82, 2.24) is 20.0 Å². The first kappa shape index (κ1) is 23.4. The number of pyridine rings is 1. The minimum absolute atomic E-state index is 0.234.